The summed E-state index contributed by atoms with van der Waals surface area (Å²) in [5.41, 5.74) is 1.03. The zero-order valence-corrected chi connectivity index (χ0v) is 10.9. The second kappa shape index (κ2) is 4.53. The van der Waals surface area contributed by atoms with E-state index < -0.39 is 0 Å². The fourth-order valence-electron chi connectivity index (χ4n) is 1.75. The maximum Gasteiger partial charge on any atom is 0.0964 e. The maximum absolute atomic E-state index is 6.14. The van der Waals surface area contributed by atoms with Crippen molar-refractivity contribution in [3.05, 3.63) is 33.8 Å². The van der Waals surface area contributed by atoms with Gasteiger partial charge in [0.25, 0.3) is 0 Å². The van der Waals surface area contributed by atoms with Crippen LogP contribution in [-0.2, 0) is 4.74 Å². The number of ether oxygens (including phenoxy) is 1. The van der Waals surface area contributed by atoms with Crippen molar-refractivity contribution in [1.29, 1.82) is 0 Å². The predicted octanol–water partition coefficient (Wildman–Crippen LogP) is 3.43. The lowest BCUT2D eigenvalue weighted by Gasteiger charge is -2.36. The molecule has 1 aliphatic rings. The lowest BCUT2D eigenvalue weighted by molar-refractivity contribution is -0.0228. The van der Waals surface area contributed by atoms with Crippen molar-refractivity contribution in [1.82, 2.24) is 5.32 Å². The van der Waals surface area contributed by atoms with E-state index in [-0.39, 0.29) is 11.6 Å². The third-order valence-electron chi connectivity index (χ3n) is 2.72. The van der Waals surface area contributed by atoms with Gasteiger partial charge in [-0.15, -0.1) is 0 Å². The van der Waals surface area contributed by atoms with Crippen molar-refractivity contribution in [3.8, 4) is 0 Å². The molecule has 1 atom stereocenters. The van der Waals surface area contributed by atoms with Crippen LogP contribution < -0.4 is 5.32 Å². The number of hydrogen-bond acceptors (Lipinski definition) is 2. The Balaban J connectivity index is 2.14. The Labute approximate surface area is 106 Å². The number of nitrogens with one attached hydrogen (secondary N) is 1. The summed E-state index contributed by atoms with van der Waals surface area (Å²) in [6, 6.07) is 5.52. The van der Waals surface area contributed by atoms with Crippen LogP contribution in [0.4, 0.5) is 0 Å². The molecule has 0 spiro atoms. The Morgan fingerprint density at radius 1 is 1.38 bits per heavy atom. The molecule has 16 heavy (non-hydrogen) atoms. The first-order chi connectivity index (χ1) is 7.48. The zero-order valence-electron chi connectivity index (χ0n) is 9.39. The molecule has 4 heteroatoms. The van der Waals surface area contributed by atoms with E-state index in [0.717, 1.165) is 12.1 Å². The molecule has 1 N–H and O–H groups in total. The maximum atomic E-state index is 6.14. The second-order valence-electron chi connectivity index (χ2n) is 4.73. The van der Waals surface area contributed by atoms with Gasteiger partial charge in [-0.25, -0.2) is 0 Å². The molecule has 1 unspecified atom stereocenters. The van der Waals surface area contributed by atoms with Gasteiger partial charge in [-0.3, -0.25) is 0 Å². The third-order valence-corrected chi connectivity index (χ3v) is 3.28. The molecule has 0 aliphatic carbocycles. The van der Waals surface area contributed by atoms with Crippen LogP contribution >= 0.6 is 23.2 Å². The SMILES string of the molecule is CC1(C)COC(c2ccc(Cl)cc2Cl)CN1. The van der Waals surface area contributed by atoms with Gasteiger partial charge < -0.3 is 10.1 Å². The van der Waals surface area contributed by atoms with Crippen LogP contribution in [-0.4, -0.2) is 18.7 Å². The van der Waals surface area contributed by atoms with E-state index in [1.54, 1.807) is 6.07 Å². The highest BCUT2D eigenvalue weighted by Crippen LogP contribution is 2.30. The van der Waals surface area contributed by atoms with Gasteiger partial charge in [-0.1, -0.05) is 29.3 Å². The van der Waals surface area contributed by atoms with Crippen molar-refractivity contribution in [2.75, 3.05) is 13.2 Å². The molecule has 0 bridgehead atoms. The second-order valence-corrected chi connectivity index (χ2v) is 5.57. The Morgan fingerprint density at radius 3 is 2.69 bits per heavy atom. The van der Waals surface area contributed by atoms with Gasteiger partial charge in [0.2, 0.25) is 0 Å². The van der Waals surface area contributed by atoms with Crippen molar-refractivity contribution in [2.24, 2.45) is 0 Å². The Hall–Kier alpha value is -0.280. The molecule has 0 radical (unpaired) electrons. The minimum absolute atomic E-state index is 0.0118. The van der Waals surface area contributed by atoms with E-state index in [1.807, 2.05) is 12.1 Å². The summed E-state index contributed by atoms with van der Waals surface area (Å²) >= 11 is 12.0. The first-order valence-electron chi connectivity index (χ1n) is 5.29. The summed E-state index contributed by atoms with van der Waals surface area (Å²) in [5.74, 6) is 0. The molecule has 0 amide bonds. The van der Waals surface area contributed by atoms with Crippen LogP contribution in [0, 0.1) is 0 Å². The third kappa shape index (κ3) is 2.69. The molecule has 0 aromatic heterocycles. The van der Waals surface area contributed by atoms with Gasteiger partial charge in [0.15, 0.2) is 0 Å². The summed E-state index contributed by atoms with van der Waals surface area (Å²) in [6.45, 7) is 5.68. The molecule has 2 rings (SSSR count). The highest BCUT2D eigenvalue weighted by Gasteiger charge is 2.28. The van der Waals surface area contributed by atoms with Gasteiger partial charge in [0, 0.05) is 27.7 Å². The summed E-state index contributed by atoms with van der Waals surface area (Å²) in [6.07, 6.45) is 0.0118. The topological polar surface area (TPSA) is 21.3 Å². The number of rotatable bonds is 1. The molecule has 1 aromatic carbocycles. The summed E-state index contributed by atoms with van der Waals surface area (Å²) < 4.78 is 5.81. The largest absolute Gasteiger partial charge is 0.370 e. The fourth-order valence-corrected chi connectivity index (χ4v) is 2.28. The standard InChI is InChI=1S/C12H15Cl2NO/c1-12(2)7-16-11(6-15-12)9-4-3-8(13)5-10(9)14/h3-5,11,15H,6-7H2,1-2H3. The van der Waals surface area contributed by atoms with Crippen LogP contribution in [0.2, 0.25) is 10.0 Å². The van der Waals surface area contributed by atoms with Gasteiger partial charge in [0.1, 0.15) is 0 Å². The Kier molecular flexibility index (Phi) is 3.45. The summed E-state index contributed by atoms with van der Waals surface area (Å²) in [4.78, 5) is 0. The fraction of sp³-hybridized carbons (Fsp3) is 0.500. The average Bonchev–Trinajstić information content (AvgIpc) is 2.19. The van der Waals surface area contributed by atoms with E-state index in [1.165, 1.54) is 0 Å². The van der Waals surface area contributed by atoms with Crippen molar-refractivity contribution in [2.45, 2.75) is 25.5 Å². The minimum atomic E-state index is 0.0118. The van der Waals surface area contributed by atoms with Gasteiger partial charge in [0.05, 0.1) is 12.7 Å². The molecule has 1 aromatic rings. The first-order valence-corrected chi connectivity index (χ1v) is 6.05. The van der Waals surface area contributed by atoms with E-state index in [2.05, 4.69) is 19.2 Å². The van der Waals surface area contributed by atoms with Crippen molar-refractivity contribution in [3.63, 3.8) is 0 Å². The first kappa shape index (κ1) is 12.2. The van der Waals surface area contributed by atoms with E-state index in [9.17, 15) is 0 Å². The number of hydrogen-bond donors (Lipinski definition) is 1. The van der Waals surface area contributed by atoms with Crippen molar-refractivity contribution < 1.29 is 4.74 Å². The highest BCUT2D eigenvalue weighted by atomic mass is 35.5. The molecule has 1 fully saturated rings. The average molecular weight is 260 g/mol. The molecular formula is C12H15Cl2NO. The lowest BCUT2D eigenvalue weighted by Crippen LogP contribution is -2.50. The van der Waals surface area contributed by atoms with Crippen LogP contribution in [0.25, 0.3) is 0 Å². The zero-order chi connectivity index (χ0) is 11.8. The lowest BCUT2D eigenvalue weighted by atomic mass is 10.0. The predicted molar refractivity (Wildman–Crippen MR) is 67.2 cm³/mol. The number of halogens is 2. The Morgan fingerprint density at radius 2 is 2.12 bits per heavy atom. The van der Waals surface area contributed by atoms with Crippen LogP contribution in [0.5, 0.6) is 0 Å². The van der Waals surface area contributed by atoms with Crippen molar-refractivity contribution >= 4 is 23.2 Å². The number of morpholine rings is 1. The number of benzene rings is 1. The van der Waals surface area contributed by atoms with E-state index in [4.69, 9.17) is 27.9 Å². The van der Waals surface area contributed by atoms with E-state index in [0.29, 0.717) is 16.7 Å². The molecule has 2 nitrogen and oxygen atoms in total. The summed E-state index contributed by atoms with van der Waals surface area (Å²) in [7, 11) is 0. The highest BCUT2D eigenvalue weighted by molar-refractivity contribution is 6.35. The molecular weight excluding hydrogens is 245 g/mol. The molecule has 1 saturated heterocycles. The molecule has 88 valence electrons. The monoisotopic (exact) mass is 259 g/mol. The molecule has 1 aliphatic heterocycles. The van der Waals surface area contributed by atoms with E-state index >= 15 is 0 Å². The van der Waals surface area contributed by atoms with Crippen LogP contribution in [0.15, 0.2) is 18.2 Å². The van der Waals surface area contributed by atoms with Crippen LogP contribution in [0.3, 0.4) is 0 Å². The minimum Gasteiger partial charge on any atom is -0.370 e. The smallest absolute Gasteiger partial charge is 0.0964 e. The normalized spacial score (nSPS) is 24.4. The molecule has 1 heterocycles. The Bertz CT molecular complexity index is 383. The van der Waals surface area contributed by atoms with Gasteiger partial charge in [-0.2, -0.15) is 0 Å². The quantitative estimate of drug-likeness (QED) is 0.835. The molecule has 0 saturated carbocycles. The van der Waals surface area contributed by atoms with Gasteiger partial charge in [-0.05, 0) is 26.0 Å². The van der Waals surface area contributed by atoms with Crippen LogP contribution in [0.1, 0.15) is 25.5 Å². The van der Waals surface area contributed by atoms with Gasteiger partial charge >= 0.3 is 0 Å². The summed E-state index contributed by atoms with van der Waals surface area (Å²) in [5, 5.41) is 4.75.